The topological polar surface area (TPSA) is 93.1 Å². The number of carbonyl (C=O) groups excluding carboxylic acids is 1. The van der Waals surface area contributed by atoms with Gasteiger partial charge in [-0.1, -0.05) is 30.3 Å². The first-order chi connectivity index (χ1) is 14.6. The summed E-state index contributed by atoms with van der Waals surface area (Å²) in [5.41, 5.74) is 2.07. The summed E-state index contributed by atoms with van der Waals surface area (Å²) < 4.78 is 12.8. The van der Waals surface area contributed by atoms with Crippen LogP contribution < -0.4 is 10.1 Å². The molecule has 2 heterocycles. The number of hydrogen-bond donors (Lipinski definition) is 1. The first kappa shape index (κ1) is 19.0. The van der Waals surface area contributed by atoms with E-state index in [9.17, 15) is 10.1 Å². The summed E-state index contributed by atoms with van der Waals surface area (Å²) >= 11 is 0. The number of aryl methyl sites for hydroxylation is 1. The minimum Gasteiger partial charge on any atom is -0.486 e. The van der Waals surface area contributed by atoms with E-state index in [1.807, 2.05) is 67.6 Å². The number of nitriles is 1. The number of benzene rings is 2. The van der Waals surface area contributed by atoms with E-state index in [0.717, 1.165) is 17.0 Å². The molecule has 148 valence electrons. The van der Waals surface area contributed by atoms with Gasteiger partial charge in [-0.2, -0.15) is 10.4 Å². The third-order valence-electron chi connectivity index (χ3n) is 4.38. The summed E-state index contributed by atoms with van der Waals surface area (Å²) in [6.07, 6.45) is 1.41. The highest BCUT2D eigenvalue weighted by Gasteiger charge is 2.18. The second kappa shape index (κ2) is 8.37. The summed E-state index contributed by atoms with van der Waals surface area (Å²) in [7, 11) is 0. The molecule has 2 aromatic carbocycles. The van der Waals surface area contributed by atoms with Crippen LogP contribution >= 0.6 is 0 Å². The van der Waals surface area contributed by atoms with E-state index in [2.05, 4.69) is 10.4 Å². The van der Waals surface area contributed by atoms with E-state index in [4.69, 9.17) is 9.15 Å². The van der Waals surface area contributed by atoms with Crippen molar-refractivity contribution in [2.45, 2.75) is 13.5 Å². The van der Waals surface area contributed by atoms with Crippen LogP contribution in [0.15, 0.2) is 77.3 Å². The van der Waals surface area contributed by atoms with Crippen LogP contribution in [0, 0.1) is 18.3 Å². The molecular weight excluding hydrogens is 380 g/mol. The summed E-state index contributed by atoms with van der Waals surface area (Å²) in [4.78, 5) is 12.7. The SMILES string of the molecule is Cc1cccc(OCc2ccc(C(=O)Nc3c(C#N)cnn3-c3ccccc3)o2)c1. The zero-order valence-electron chi connectivity index (χ0n) is 16.2. The number of nitrogens with zero attached hydrogens (tertiary/aromatic N) is 3. The van der Waals surface area contributed by atoms with Gasteiger partial charge in [0.2, 0.25) is 0 Å². The van der Waals surface area contributed by atoms with Gasteiger partial charge in [0.1, 0.15) is 29.7 Å². The lowest BCUT2D eigenvalue weighted by Crippen LogP contribution is -2.15. The van der Waals surface area contributed by atoms with Crippen LogP contribution in [0.3, 0.4) is 0 Å². The molecule has 1 amide bonds. The maximum atomic E-state index is 12.7. The molecule has 0 aliphatic carbocycles. The second-order valence-electron chi connectivity index (χ2n) is 6.59. The van der Waals surface area contributed by atoms with Crippen LogP contribution in [-0.2, 0) is 6.61 Å². The molecule has 0 atom stereocenters. The molecule has 0 spiro atoms. The average molecular weight is 398 g/mol. The summed E-state index contributed by atoms with van der Waals surface area (Å²) in [5, 5.41) is 16.3. The minimum absolute atomic E-state index is 0.113. The highest BCUT2D eigenvalue weighted by atomic mass is 16.5. The van der Waals surface area contributed by atoms with Gasteiger partial charge in [-0.15, -0.1) is 0 Å². The minimum atomic E-state index is -0.481. The standard InChI is InChI=1S/C23H18N4O3/c1-16-6-5-9-19(12-16)29-15-20-10-11-21(30-20)23(28)26-22-17(13-24)14-25-27(22)18-7-3-2-4-8-18/h2-12,14H,15H2,1H3,(H,26,28). The molecule has 7 heteroatoms. The number of nitrogens with one attached hydrogen (secondary N) is 1. The maximum absolute atomic E-state index is 12.7. The summed E-state index contributed by atoms with van der Waals surface area (Å²) in [6, 6.07) is 22.2. The predicted octanol–water partition coefficient (Wildman–Crippen LogP) is 4.48. The van der Waals surface area contributed by atoms with Gasteiger partial charge in [0.25, 0.3) is 5.91 Å². The molecule has 7 nitrogen and oxygen atoms in total. The van der Waals surface area contributed by atoms with Crippen molar-refractivity contribution >= 4 is 11.7 Å². The lowest BCUT2D eigenvalue weighted by molar-refractivity contribution is 0.0992. The average Bonchev–Trinajstić information content (AvgIpc) is 3.40. The quantitative estimate of drug-likeness (QED) is 0.517. The van der Waals surface area contributed by atoms with Crippen LogP contribution in [0.25, 0.3) is 5.69 Å². The van der Waals surface area contributed by atoms with Crippen molar-refractivity contribution < 1.29 is 13.9 Å². The fourth-order valence-electron chi connectivity index (χ4n) is 2.92. The molecule has 0 aliphatic heterocycles. The van der Waals surface area contributed by atoms with E-state index in [1.54, 1.807) is 12.1 Å². The number of hydrogen-bond acceptors (Lipinski definition) is 5. The largest absolute Gasteiger partial charge is 0.486 e. The number of amides is 1. The molecule has 4 rings (SSSR count). The fraction of sp³-hybridized carbons (Fsp3) is 0.0870. The Bertz CT molecular complexity index is 1220. The molecule has 1 N–H and O–H groups in total. The Labute approximate surface area is 173 Å². The van der Waals surface area contributed by atoms with Crippen LogP contribution in [0.5, 0.6) is 5.75 Å². The normalized spacial score (nSPS) is 10.4. The van der Waals surface area contributed by atoms with Gasteiger partial charge in [-0.3, -0.25) is 4.79 Å². The van der Waals surface area contributed by atoms with Gasteiger partial charge in [-0.25, -0.2) is 4.68 Å². The molecule has 2 aromatic heterocycles. The van der Waals surface area contributed by atoms with E-state index >= 15 is 0 Å². The molecule has 0 saturated heterocycles. The molecule has 0 bridgehead atoms. The van der Waals surface area contributed by atoms with Gasteiger partial charge in [0.15, 0.2) is 11.6 Å². The number of carbonyl (C=O) groups is 1. The monoisotopic (exact) mass is 398 g/mol. The van der Waals surface area contributed by atoms with Gasteiger partial charge in [0.05, 0.1) is 11.9 Å². The Balaban J connectivity index is 1.49. The molecule has 4 aromatic rings. The zero-order valence-corrected chi connectivity index (χ0v) is 16.2. The van der Waals surface area contributed by atoms with Gasteiger partial charge >= 0.3 is 0 Å². The number of aromatic nitrogens is 2. The smallest absolute Gasteiger partial charge is 0.292 e. The molecule has 0 fully saturated rings. The number of furan rings is 1. The Morgan fingerprint density at radius 2 is 2.00 bits per heavy atom. The molecule has 30 heavy (non-hydrogen) atoms. The Morgan fingerprint density at radius 1 is 1.17 bits per heavy atom. The van der Waals surface area contributed by atoms with Crippen molar-refractivity contribution in [1.82, 2.24) is 9.78 Å². The van der Waals surface area contributed by atoms with Crippen molar-refractivity contribution in [3.8, 4) is 17.5 Å². The first-order valence-electron chi connectivity index (χ1n) is 9.27. The van der Waals surface area contributed by atoms with Crippen LogP contribution in [0.1, 0.15) is 27.4 Å². The Hall–Kier alpha value is -4.31. The van der Waals surface area contributed by atoms with Crippen molar-refractivity contribution in [3.05, 3.63) is 95.6 Å². The van der Waals surface area contributed by atoms with E-state index in [1.165, 1.54) is 10.9 Å². The third-order valence-corrected chi connectivity index (χ3v) is 4.38. The number of ether oxygens (including phenoxy) is 1. The highest BCUT2D eigenvalue weighted by molar-refractivity contribution is 6.02. The second-order valence-corrected chi connectivity index (χ2v) is 6.59. The van der Waals surface area contributed by atoms with Gasteiger partial charge < -0.3 is 14.5 Å². The van der Waals surface area contributed by atoms with Crippen LogP contribution in [-0.4, -0.2) is 15.7 Å². The first-order valence-corrected chi connectivity index (χ1v) is 9.27. The Morgan fingerprint density at radius 3 is 2.77 bits per heavy atom. The molecule has 0 radical (unpaired) electrons. The van der Waals surface area contributed by atoms with Crippen molar-refractivity contribution in [1.29, 1.82) is 5.26 Å². The Kier molecular flexibility index (Phi) is 5.31. The summed E-state index contributed by atoms with van der Waals surface area (Å²) in [5.74, 6) is 1.15. The van der Waals surface area contributed by atoms with Gasteiger partial charge in [-0.05, 0) is 48.9 Å². The van der Waals surface area contributed by atoms with Crippen LogP contribution in [0.4, 0.5) is 5.82 Å². The predicted molar refractivity (Wildman–Crippen MR) is 110 cm³/mol. The van der Waals surface area contributed by atoms with Crippen molar-refractivity contribution in [2.75, 3.05) is 5.32 Å². The fourth-order valence-corrected chi connectivity index (χ4v) is 2.92. The number of para-hydroxylation sites is 1. The summed E-state index contributed by atoms with van der Waals surface area (Å²) in [6.45, 7) is 2.18. The van der Waals surface area contributed by atoms with Crippen molar-refractivity contribution in [2.24, 2.45) is 0 Å². The number of anilines is 1. The molecule has 0 aliphatic rings. The third kappa shape index (κ3) is 4.08. The van der Waals surface area contributed by atoms with Crippen molar-refractivity contribution in [3.63, 3.8) is 0 Å². The zero-order chi connectivity index (χ0) is 20.9. The van der Waals surface area contributed by atoms with Crippen LogP contribution in [0.2, 0.25) is 0 Å². The highest BCUT2D eigenvalue weighted by Crippen LogP contribution is 2.21. The lowest BCUT2D eigenvalue weighted by Gasteiger charge is -2.08. The number of rotatable bonds is 6. The maximum Gasteiger partial charge on any atom is 0.292 e. The lowest BCUT2D eigenvalue weighted by atomic mass is 10.2. The van der Waals surface area contributed by atoms with Gasteiger partial charge in [0, 0.05) is 0 Å². The van der Waals surface area contributed by atoms with E-state index in [0.29, 0.717) is 5.76 Å². The molecule has 0 unspecified atom stereocenters. The molecular formula is C23H18N4O3. The molecule has 0 saturated carbocycles. The van der Waals surface area contributed by atoms with E-state index < -0.39 is 5.91 Å². The van der Waals surface area contributed by atoms with E-state index in [-0.39, 0.29) is 23.7 Å².